The average molecular weight is 366 g/mol. The van der Waals surface area contributed by atoms with Crippen LogP contribution in [0.25, 0.3) is 0 Å². The topological polar surface area (TPSA) is 41.1 Å². The van der Waals surface area contributed by atoms with E-state index in [0.29, 0.717) is 12.0 Å². The van der Waals surface area contributed by atoms with E-state index in [1.807, 2.05) is 5.38 Å². The van der Waals surface area contributed by atoms with Crippen molar-refractivity contribution in [1.29, 1.82) is 0 Å². The van der Waals surface area contributed by atoms with Gasteiger partial charge in [0.15, 0.2) is 0 Å². The molecule has 6 heteroatoms. The molecule has 3 rings (SSSR count). The fraction of sp³-hybridized carbons (Fsp3) is 0.615. The highest BCUT2D eigenvalue weighted by molar-refractivity contribution is 9.10. The van der Waals surface area contributed by atoms with E-state index in [4.69, 9.17) is 0 Å². The summed E-state index contributed by atoms with van der Waals surface area (Å²) in [6.45, 7) is 2.81. The maximum absolute atomic E-state index is 12.1. The molecule has 1 aromatic rings. The van der Waals surface area contributed by atoms with Crippen LogP contribution in [0.3, 0.4) is 0 Å². The van der Waals surface area contributed by atoms with E-state index in [0.717, 1.165) is 36.8 Å². The first-order valence-electron chi connectivity index (χ1n) is 6.41. The lowest BCUT2D eigenvalue weighted by molar-refractivity contribution is -0.123. The van der Waals surface area contributed by atoms with Gasteiger partial charge < -0.3 is 10.6 Å². The first-order valence-corrected chi connectivity index (χ1v) is 8.08. The molecule has 1 unspecified atom stereocenters. The van der Waals surface area contributed by atoms with Gasteiger partial charge in [-0.25, -0.2) is 0 Å². The molecule has 2 heterocycles. The summed E-state index contributed by atoms with van der Waals surface area (Å²) < 4.78 is 1.10. The van der Waals surface area contributed by atoms with Gasteiger partial charge in [0.05, 0.1) is 6.54 Å². The standard InChI is InChI=1S/C13H17BrN2OS.ClH/c14-9-5-10(18-8-9)7-16-12(17)11-6-13(11)1-3-15-4-2-13;/h5,8,11,15H,1-4,6-7H2,(H,16,17);1H. The minimum atomic E-state index is 0. The molecule has 1 amide bonds. The third-order valence-electron chi connectivity index (χ3n) is 4.16. The number of hydrogen-bond donors (Lipinski definition) is 2. The van der Waals surface area contributed by atoms with Crippen LogP contribution in [0.4, 0.5) is 0 Å². The van der Waals surface area contributed by atoms with Crippen molar-refractivity contribution < 1.29 is 4.79 Å². The number of nitrogens with one attached hydrogen (secondary N) is 2. The summed E-state index contributed by atoms with van der Waals surface area (Å²) in [5.74, 6) is 0.518. The van der Waals surface area contributed by atoms with Crippen molar-refractivity contribution in [2.24, 2.45) is 11.3 Å². The van der Waals surface area contributed by atoms with Gasteiger partial charge in [0.1, 0.15) is 0 Å². The summed E-state index contributed by atoms with van der Waals surface area (Å²) in [6, 6.07) is 2.07. The Labute approximate surface area is 132 Å². The number of amides is 1. The summed E-state index contributed by atoms with van der Waals surface area (Å²) in [5.41, 5.74) is 0.339. The molecule has 3 nitrogen and oxygen atoms in total. The Morgan fingerprint density at radius 2 is 2.26 bits per heavy atom. The summed E-state index contributed by atoms with van der Waals surface area (Å²) in [6.07, 6.45) is 3.42. The van der Waals surface area contributed by atoms with Crippen LogP contribution in [0.1, 0.15) is 24.1 Å². The quantitative estimate of drug-likeness (QED) is 0.864. The van der Waals surface area contributed by atoms with E-state index in [1.54, 1.807) is 11.3 Å². The van der Waals surface area contributed by atoms with E-state index in [-0.39, 0.29) is 24.2 Å². The lowest BCUT2D eigenvalue weighted by Crippen LogP contribution is -2.33. The summed E-state index contributed by atoms with van der Waals surface area (Å²) in [4.78, 5) is 13.3. The van der Waals surface area contributed by atoms with Crippen LogP contribution < -0.4 is 10.6 Å². The van der Waals surface area contributed by atoms with Crippen molar-refractivity contribution in [3.05, 3.63) is 20.8 Å². The van der Waals surface area contributed by atoms with Crippen molar-refractivity contribution in [2.75, 3.05) is 13.1 Å². The van der Waals surface area contributed by atoms with Crippen LogP contribution in [-0.2, 0) is 11.3 Å². The molecule has 1 aliphatic heterocycles. The first kappa shape index (κ1) is 15.3. The molecule has 1 saturated heterocycles. The molecule has 19 heavy (non-hydrogen) atoms. The Bertz CT molecular complexity index is 459. The molecule has 0 bridgehead atoms. The number of carbonyl (C=O) groups is 1. The van der Waals surface area contributed by atoms with Gasteiger partial charge in [-0.2, -0.15) is 0 Å². The monoisotopic (exact) mass is 364 g/mol. The minimum Gasteiger partial charge on any atom is -0.351 e. The third-order valence-corrected chi connectivity index (χ3v) is 5.86. The van der Waals surface area contributed by atoms with Crippen molar-refractivity contribution >= 4 is 45.6 Å². The number of carbonyl (C=O) groups excluding carboxylic acids is 1. The molecule has 0 aromatic carbocycles. The van der Waals surface area contributed by atoms with Crippen LogP contribution in [0.5, 0.6) is 0 Å². The van der Waals surface area contributed by atoms with E-state index in [9.17, 15) is 4.79 Å². The molecular formula is C13H18BrClN2OS. The van der Waals surface area contributed by atoms with E-state index in [1.165, 1.54) is 4.88 Å². The van der Waals surface area contributed by atoms with Crippen molar-refractivity contribution in [2.45, 2.75) is 25.8 Å². The van der Waals surface area contributed by atoms with Crippen LogP contribution in [0, 0.1) is 11.3 Å². The molecule has 2 N–H and O–H groups in total. The van der Waals surface area contributed by atoms with Gasteiger partial charge in [-0.3, -0.25) is 4.79 Å². The molecule has 1 aliphatic carbocycles. The summed E-state index contributed by atoms with van der Waals surface area (Å²) >= 11 is 5.11. The SMILES string of the molecule is Cl.O=C(NCc1cc(Br)cs1)C1CC12CCNCC2. The fourth-order valence-corrected chi connectivity index (χ4v) is 4.33. The molecule has 1 spiro atoms. The first-order chi connectivity index (χ1) is 8.70. The Kier molecular flexibility index (Phi) is 4.93. The molecule has 2 aliphatic rings. The Balaban J connectivity index is 0.00000133. The second kappa shape index (κ2) is 6.12. The van der Waals surface area contributed by atoms with Gasteiger partial charge in [0.2, 0.25) is 5.91 Å². The third kappa shape index (κ3) is 3.32. The van der Waals surface area contributed by atoms with Crippen LogP contribution >= 0.6 is 39.7 Å². The Morgan fingerprint density at radius 3 is 2.89 bits per heavy atom. The lowest BCUT2D eigenvalue weighted by Gasteiger charge is -2.23. The van der Waals surface area contributed by atoms with E-state index in [2.05, 4.69) is 32.6 Å². The van der Waals surface area contributed by atoms with E-state index < -0.39 is 0 Å². The highest BCUT2D eigenvalue weighted by Crippen LogP contribution is 2.58. The molecule has 2 fully saturated rings. The van der Waals surface area contributed by atoms with Gasteiger partial charge in [0, 0.05) is 20.6 Å². The smallest absolute Gasteiger partial charge is 0.223 e. The van der Waals surface area contributed by atoms with Gasteiger partial charge in [-0.15, -0.1) is 23.7 Å². The van der Waals surface area contributed by atoms with Gasteiger partial charge in [-0.05, 0) is 59.8 Å². The number of rotatable bonds is 3. The predicted molar refractivity (Wildman–Crippen MR) is 83.8 cm³/mol. The van der Waals surface area contributed by atoms with Gasteiger partial charge in [0.25, 0.3) is 0 Å². The summed E-state index contributed by atoms with van der Waals surface area (Å²) in [7, 11) is 0. The maximum atomic E-state index is 12.1. The number of thiophene rings is 1. The van der Waals surface area contributed by atoms with Crippen molar-refractivity contribution in [3.8, 4) is 0 Å². The maximum Gasteiger partial charge on any atom is 0.223 e. The molecule has 0 radical (unpaired) electrons. The normalized spacial score (nSPS) is 23.7. The highest BCUT2D eigenvalue weighted by atomic mass is 79.9. The highest BCUT2D eigenvalue weighted by Gasteiger charge is 2.57. The second-order valence-electron chi connectivity index (χ2n) is 5.32. The van der Waals surface area contributed by atoms with Crippen LogP contribution in [-0.4, -0.2) is 19.0 Å². The van der Waals surface area contributed by atoms with Crippen molar-refractivity contribution in [3.63, 3.8) is 0 Å². The number of halogens is 2. The molecular weight excluding hydrogens is 348 g/mol. The molecule has 1 saturated carbocycles. The second-order valence-corrected chi connectivity index (χ2v) is 7.23. The van der Waals surface area contributed by atoms with Crippen LogP contribution in [0.2, 0.25) is 0 Å². The van der Waals surface area contributed by atoms with Gasteiger partial charge >= 0.3 is 0 Å². The number of piperidine rings is 1. The minimum absolute atomic E-state index is 0. The zero-order valence-electron chi connectivity index (χ0n) is 10.6. The summed E-state index contributed by atoms with van der Waals surface area (Å²) in [5, 5.41) is 8.49. The zero-order valence-corrected chi connectivity index (χ0v) is 13.8. The molecule has 106 valence electrons. The zero-order chi connectivity index (χ0) is 12.6. The lowest BCUT2D eigenvalue weighted by atomic mass is 9.92. The number of hydrogen-bond acceptors (Lipinski definition) is 3. The van der Waals surface area contributed by atoms with Crippen molar-refractivity contribution in [1.82, 2.24) is 10.6 Å². The fourth-order valence-electron chi connectivity index (χ4n) is 2.94. The molecule has 1 aromatic heterocycles. The average Bonchev–Trinajstić information content (AvgIpc) is 2.89. The Morgan fingerprint density at radius 1 is 1.53 bits per heavy atom. The molecule has 1 atom stereocenters. The predicted octanol–water partition coefficient (Wildman–Crippen LogP) is 2.94. The largest absolute Gasteiger partial charge is 0.351 e. The Hall–Kier alpha value is -0.100. The van der Waals surface area contributed by atoms with Crippen LogP contribution in [0.15, 0.2) is 15.9 Å². The van der Waals surface area contributed by atoms with E-state index >= 15 is 0 Å². The van der Waals surface area contributed by atoms with Gasteiger partial charge in [-0.1, -0.05) is 0 Å².